The summed E-state index contributed by atoms with van der Waals surface area (Å²) < 4.78 is 4.17. The molecule has 3 aromatic rings. The molecule has 8 heteroatoms. The van der Waals surface area contributed by atoms with E-state index in [1.807, 2.05) is 6.07 Å². The summed E-state index contributed by atoms with van der Waals surface area (Å²) in [5, 5.41) is 21.0. The lowest BCUT2D eigenvalue weighted by molar-refractivity contribution is 0.0783. The highest BCUT2D eigenvalue weighted by atomic mass is 35.5. The molecule has 0 spiro atoms. The topological polar surface area (TPSA) is 84.7 Å². The van der Waals surface area contributed by atoms with Gasteiger partial charge in [0, 0.05) is 11.6 Å². The van der Waals surface area contributed by atoms with E-state index in [0.29, 0.717) is 21.0 Å². The zero-order chi connectivity index (χ0) is 16.6. The van der Waals surface area contributed by atoms with Crippen LogP contribution in [0.2, 0.25) is 5.02 Å². The summed E-state index contributed by atoms with van der Waals surface area (Å²) in [5.41, 5.74) is 1.20. The van der Waals surface area contributed by atoms with Gasteiger partial charge in [-0.1, -0.05) is 11.6 Å². The highest BCUT2D eigenvalue weighted by Gasteiger charge is 2.20. The first-order valence-corrected chi connectivity index (χ1v) is 8.72. The van der Waals surface area contributed by atoms with Gasteiger partial charge in [0.05, 0.1) is 34.1 Å². The second kappa shape index (κ2) is 6.06. The number of rotatable bonds is 4. The standard InChI is InChI=1S/C15H13ClN4OS2/c1-15(2,21)14-19-7-11(22-14)23-20-10-4-3-8(5-17)12-9(16)6-18-13(10)12/h3-4,6-7,18,20-21H,1-2H3. The number of aromatic nitrogens is 2. The first-order valence-electron chi connectivity index (χ1n) is 6.71. The molecular weight excluding hydrogens is 352 g/mol. The Bertz CT molecular complexity index is 904. The molecule has 3 N–H and O–H groups in total. The maximum atomic E-state index is 9.96. The van der Waals surface area contributed by atoms with E-state index in [4.69, 9.17) is 11.6 Å². The van der Waals surface area contributed by atoms with Gasteiger partial charge in [-0.3, -0.25) is 0 Å². The first-order chi connectivity index (χ1) is 10.9. The van der Waals surface area contributed by atoms with E-state index in [2.05, 4.69) is 20.8 Å². The number of fused-ring (bicyclic) bond motifs is 1. The predicted molar refractivity (Wildman–Crippen MR) is 94.9 cm³/mol. The molecule has 0 aliphatic carbocycles. The molecule has 0 aliphatic rings. The van der Waals surface area contributed by atoms with Crippen molar-refractivity contribution in [1.29, 1.82) is 5.26 Å². The average Bonchev–Trinajstić information content (AvgIpc) is 3.12. The number of hydrogen-bond donors (Lipinski definition) is 3. The van der Waals surface area contributed by atoms with Gasteiger partial charge in [-0.25, -0.2) is 4.98 Å². The van der Waals surface area contributed by atoms with Gasteiger partial charge in [-0.05, 0) is 37.9 Å². The van der Waals surface area contributed by atoms with E-state index < -0.39 is 5.60 Å². The third-order valence-electron chi connectivity index (χ3n) is 3.18. The summed E-state index contributed by atoms with van der Waals surface area (Å²) in [6, 6.07) is 5.71. The van der Waals surface area contributed by atoms with Crippen molar-refractivity contribution in [3.05, 3.63) is 40.1 Å². The van der Waals surface area contributed by atoms with Crippen molar-refractivity contribution >= 4 is 51.5 Å². The smallest absolute Gasteiger partial charge is 0.125 e. The molecule has 0 amide bonds. The zero-order valence-corrected chi connectivity index (χ0v) is 14.7. The Morgan fingerprint density at radius 2 is 2.26 bits per heavy atom. The number of anilines is 1. The molecular formula is C15H13ClN4OS2. The lowest BCUT2D eigenvalue weighted by atomic mass is 10.1. The molecule has 2 heterocycles. The molecule has 3 rings (SSSR count). The van der Waals surface area contributed by atoms with Gasteiger partial charge in [-0.2, -0.15) is 5.26 Å². The number of thiazole rings is 1. The van der Waals surface area contributed by atoms with Crippen molar-refractivity contribution in [2.24, 2.45) is 0 Å². The van der Waals surface area contributed by atoms with Gasteiger partial charge in [-0.15, -0.1) is 11.3 Å². The van der Waals surface area contributed by atoms with Crippen LogP contribution in [0, 0.1) is 11.3 Å². The number of halogens is 1. The number of hydrogen-bond acceptors (Lipinski definition) is 6. The fourth-order valence-electron chi connectivity index (χ4n) is 2.08. The third kappa shape index (κ3) is 3.16. The van der Waals surface area contributed by atoms with Crippen molar-refractivity contribution in [2.75, 3.05) is 4.72 Å². The Labute approximate surface area is 146 Å². The van der Waals surface area contributed by atoms with Crippen molar-refractivity contribution in [3.63, 3.8) is 0 Å². The fourth-order valence-corrected chi connectivity index (χ4v) is 4.00. The Kier molecular flexibility index (Phi) is 4.25. The molecule has 0 aliphatic heterocycles. The molecule has 2 aromatic heterocycles. The van der Waals surface area contributed by atoms with Gasteiger partial charge in [0.25, 0.3) is 0 Å². The molecule has 0 unspecified atom stereocenters. The van der Waals surface area contributed by atoms with Crippen LogP contribution in [0.1, 0.15) is 24.4 Å². The van der Waals surface area contributed by atoms with E-state index >= 15 is 0 Å². The number of nitrogens with one attached hydrogen (secondary N) is 2. The van der Waals surface area contributed by atoms with E-state index in [1.54, 1.807) is 32.3 Å². The van der Waals surface area contributed by atoms with Gasteiger partial charge in [0.2, 0.25) is 0 Å². The fraction of sp³-hybridized carbons (Fsp3) is 0.200. The summed E-state index contributed by atoms with van der Waals surface area (Å²) in [5.74, 6) is 0. The van der Waals surface area contributed by atoms with Gasteiger partial charge in [0.1, 0.15) is 14.8 Å². The Morgan fingerprint density at radius 1 is 1.48 bits per heavy atom. The van der Waals surface area contributed by atoms with Crippen molar-refractivity contribution in [2.45, 2.75) is 23.7 Å². The minimum Gasteiger partial charge on any atom is -0.383 e. The minimum atomic E-state index is -0.946. The molecule has 0 saturated carbocycles. The quantitative estimate of drug-likeness (QED) is 0.593. The van der Waals surface area contributed by atoms with Crippen molar-refractivity contribution in [1.82, 2.24) is 9.97 Å². The number of benzene rings is 1. The molecule has 23 heavy (non-hydrogen) atoms. The van der Waals surface area contributed by atoms with Crippen LogP contribution >= 0.6 is 34.9 Å². The molecule has 0 saturated heterocycles. The predicted octanol–water partition coefficient (Wildman–Crippen LogP) is 4.50. The molecule has 5 nitrogen and oxygen atoms in total. The average molecular weight is 365 g/mol. The summed E-state index contributed by atoms with van der Waals surface area (Å²) >= 11 is 8.97. The van der Waals surface area contributed by atoms with E-state index in [-0.39, 0.29) is 0 Å². The highest BCUT2D eigenvalue weighted by Crippen LogP contribution is 2.36. The molecule has 0 atom stereocenters. The Balaban J connectivity index is 1.86. The third-order valence-corrected chi connectivity index (χ3v) is 5.71. The maximum absolute atomic E-state index is 9.96. The number of aliphatic hydroxyl groups is 1. The second-order valence-electron chi connectivity index (χ2n) is 5.41. The van der Waals surface area contributed by atoms with E-state index in [9.17, 15) is 10.4 Å². The summed E-state index contributed by atoms with van der Waals surface area (Å²) in [4.78, 5) is 7.32. The van der Waals surface area contributed by atoms with Crippen LogP contribution in [0.5, 0.6) is 0 Å². The minimum absolute atomic E-state index is 0.521. The molecule has 118 valence electrons. The van der Waals surface area contributed by atoms with Crippen LogP contribution in [0.25, 0.3) is 10.9 Å². The Morgan fingerprint density at radius 3 is 2.91 bits per heavy atom. The summed E-state index contributed by atoms with van der Waals surface area (Å²) in [6.07, 6.45) is 3.39. The molecule has 0 bridgehead atoms. The van der Waals surface area contributed by atoms with E-state index in [1.165, 1.54) is 23.3 Å². The second-order valence-corrected chi connectivity index (χ2v) is 7.95. The van der Waals surface area contributed by atoms with Crippen molar-refractivity contribution in [3.8, 4) is 6.07 Å². The van der Waals surface area contributed by atoms with Crippen molar-refractivity contribution < 1.29 is 5.11 Å². The Hall–Kier alpha value is -1.72. The van der Waals surface area contributed by atoms with Crippen LogP contribution in [0.3, 0.4) is 0 Å². The normalized spacial score (nSPS) is 11.6. The zero-order valence-electron chi connectivity index (χ0n) is 12.3. The highest BCUT2D eigenvalue weighted by molar-refractivity contribution is 8.02. The van der Waals surface area contributed by atoms with Crippen LogP contribution in [0.4, 0.5) is 5.69 Å². The maximum Gasteiger partial charge on any atom is 0.125 e. The van der Waals surface area contributed by atoms with Crippen LogP contribution in [-0.4, -0.2) is 15.1 Å². The summed E-state index contributed by atoms with van der Waals surface area (Å²) in [6.45, 7) is 3.41. The molecule has 1 aromatic carbocycles. The lowest BCUT2D eigenvalue weighted by Gasteiger charge is -2.12. The SMILES string of the molecule is CC(C)(O)c1ncc(SNc2ccc(C#N)c3c(Cl)c[nH]c23)s1. The molecule has 0 fully saturated rings. The van der Waals surface area contributed by atoms with Crippen LogP contribution in [-0.2, 0) is 5.60 Å². The van der Waals surface area contributed by atoms with Gasteiger partial charge in [0.15, 0.2) is 0 Å². The van der Waals surface area contributed by atoms with Crippen LogP contribution in [0.15, 0.2) is 28.7 Å². The largest absolute Gasteiger partial charge is 0.383 e. The number of nitrogens with zero attached hydrogens (tertiary/aromatic N) is 2. The van der Waals surface area contributed by atoms with Gasteiger partial charge < -0.3 is 14.8 Å². The lowest BCUT2D eigenvalue weighted by Crippen LogP contribution is -2.14. The van der Waals surface area contributed by atoms with E-state index in [0.717, 1.165) is 15.4 Å². The number of H-pyrrole nitrogens is 1. The summed E-state index contributed by atoms with van der Waals surface area (Å²) in [7, 11) is 0. The van der Waals surface area contributed by atoms with Gasteiger partial charge >= 0.3 is 0 Å². The monoisotopic (exact) mass is 364 g/mol. The van der Waals surface area contributed by atoms with Crippen LogP contribution < -0.4 is 4.72 Å². The first kappa shape index (κ1) is 16.1. The molecule has 0 radical (unpaired) electrons. The number of nitriles is 1. The number of aromatic amines is 1.